The summed E-state index contributed by atoms with van der Waals surface area (Å²) in [4.78, 5) is 30.6. The Morgan fingerprint density at radius 2 is 1.66 bits per heavy atom. The van der Waals surface area contributed by atoms with Crippen LogP contribution in [0.25, 0.3) is 10.9 Å². The number of carbonyl (C=O) groups excluding carboxylic acids is 1. The monoisotopic (exact) mass is 391 g/mol. The van der Waals surface area contributed by atoms with Gasteiger partial charge in [-0.2, -0.15) is 0 Å². The maximum absolute atomic E-state index is 13.0. The molecule has 5 heteroatoms. The third-order valence-electron chi connectivity index (χ3n) is 5.06. The number of nitrogens with one attached hydrogen (secondary N) is 1. The van der Waals surface area contributed by atoms with Gasteiger partial charge in [0.15, 0.2) is 0 Å². The minimum Gasteiger partial charge on any atom is -0.273 e. The van der Waals surface area contributed by atoms with Gasteiger partial charge < -0.3 is 0 Å². The molecule has 1 amide bonds. The molecule has 0 aliphatic carbocycles. The zero-order chi connectivity index (χ0) is 21.1. The first-order valence-electron chi connectivity index (χ1n) is 10.2. The zero-order valence-electron chi connectivity index (χ0n) is 17.8. The Morgan fingerprint density at radius 1 is 1.00 bits per heavy atom. The summed E-state index contributed by atoms with van der Waals surface area (Å²) in [5.41, 5.74) is 5.36. The van der Waals surface area contributed by atoms with Crippen LogP contribution in [0.15, 0.2) is 53.3 Å². The molecule has 0 bridgehead atoms. The summed E-state index contributed by atoms with van der Waals surface area (Å²) >= 11 is 0. The van der Waals surface area contributed by atoms with E-state index in [1.807, 2.05) is 45.0 Å². The van der Waals surface area contributed by atoms with E-state index in [9.17, 15) is 9.59 Å². The average molecular weight is 392 g/mol. The lowest BCUT2D eigenvalue weighted by Gasteiger charge is -2.19. The second kappa shape index (κ2) is 8.60. The summed E-state index contributed by atoms with van der Waals surface area (Å²) in [6.45, 7) is 10.1. The van der Waals surface area contributed by atoms with Crippen LogP contribution in [0.5, 0.6) is 0 Å². The largest absolute Gasteiger partial charge is 0.280 e. The van der Waals surface area contributed by atoms with Gasteiger partial charge in [-0.3, -0.25) is 15.0 Å². The molecule has 1 atom stereocenters. The van der Waals surface area contributed by atoms with Crippen LogP contribution in [0.2, 0.25) is 0 Å². The van der Waals surface area contributed by atoms with Gasteiger partial charge >= 0.3 is 0 Å². The lowest BCUT2D eigenvalue weighted by atomic mass is 9.96. The molecule has 1 unspecified atom stereocenters. The van der Waals surface area contributed by atoms with Crippen molar-refractivity contribution in [3.63, 3.8) is 0 Å². The molecule has 3 aromatic rings. The van der Waals surface area contributed by atoms with Gasteiger partial charge in [0.05, 0.1) is 16.8 Å². The molecule has 0 aliphatic heterocycles. The van der Waals surface area contributed by atoms with E-state index in [1.165, 1.54) is 10.2 Å². The molecule has 5 nitrogen and oxygen atoms in total. The van der Waals surface area contributed by atoms with Crippen LogP contribution in [0.4, 0.5) is 0 Å². The molecule has 0 fully saturated rings. The van der Waals surface area contributed by atoms with Crippen LogP contribution in [0, 0.1) is 5.92 Å². The van der Waals surface area contributed by atoms with Gasteiger partial charge in [-0.05, 0) is 42.5 Å². The lowest BCUT2D eigenvalue weighted by Crippen LogP contribution is -2.38. The average Bonchev–Trinajstić information content (AvgIpc) is 2.69. The maximum Gasteiger partial charge on any atom is 0.280 e. The molecule has 3 rings (SSSR count). The fourth-order valence-corrected chi connectivity index (χ4v) is 3.42. The third kappa shape index (κ3) is 4.56. The van der Waals surface area contributed by atoms with Crippen LogP contribution in [0.3, 0.4) is 0 Å². The number of carbonyl (C=O) groups is 1. The molecule has 1 heterocycles. The van der Waals surface area contributed by atoms with Crippen molar-refractivity contribution in [3.8, 4) is 0 Å². The Hall–Kier alpha value is -2.95. The molecule has 1 N–H and O–H groups in total. The molecule has 0 aliphatic rings. The van der Waals surface area contributed by atoms with Gasteiger partial charge in [-0.1, -0.05) is 64.1 Å². The van der Waals surface area contributed by atoms with E-state index >= 15 is 0 Å². The van der Waals surface area contributed by atoms with Gasteiger partial charge in [0.1, 0.15) is 5.82 Å². The predicted molar refractivity (Wildman–Crippen MR) is 118 cm³/mol. The fourth-order valence-electron chi connectivity index (χ4n) is 3.42. The molecule has 1 aromatic heterocycles. The maximum atomic E-state index is 13.0. The van der Waals surface area contributed by atoms with E-state index in [0.717, 1.165) is 12.0 Å². The van der Waals surface area contributed by atoms with Crippen molar-refractivity contribution >= 4 is 16.8 Å². The Labute approximate surface area is 171 Å². The summed E-state index contributed by atoms with van der Waals surface area (Å²) in [6.07, 6.45) is 1.01. The van der Waals surface area contributed by atoms with Crippen molar-refractivity contribution < 1.29 is 4.79 Å². The van der Waals surface area contributed by atoms with Crippen LogP contribution < -0.4 is 11.0 Å². The predicted octanol–water partition coefficient (Wildman–Crippen LogP) is 4.59. The van der Waals surface area contributed by atoms with Crippen LogP contribution in [-0.4, -0.2) is 15.6 Å². The van der Waals surface area contributed by atoms with Gasteiger partial charge in [0, 0.05) is 5.92 Å². The van der Waals surface area contributed by atoms with Crippen molar-refractivity contribution in [1.82, 2.24) is 9.66 Å². The topological polar surface area (TPSA) is 64.0 Å². The Morgan fingerprint density at radius 3 is 2.28 bits per heavy atom. The fraction of sp³-hybridized carbons (Fsp3) is 0.375. The molecule has 152 valence electrons. The highest BCUT2D eigenvalue weighted by Gasteiger charge is 2.20. The highest BCUT2D eigenvalue weighted by Crippen LogP contribution is 2.19. The Balaban J connectivity index is 1.90. The number of fused-ring (bicyclic) bond motifs is 1. The van der Waals surface area contributed by atoms with Gasteiger partial charge in [0.2, 0.25) is 5.91 Å². The molecule has 0 spiro atoms. The first-order valence-corrected chi connectivity index (χ1v) is 10.2. The van der Waals surface area contributed by atoms with Crippen LogP contribution >= 0.6 is 0 Å². The van der Waals surface area contributed by atoms with Crippen molar-refractivity contribution in [3.05, 3.63) is 75.8 Å². The van der Waals surface area contributed by atoms with E-state index in [0.29, 0.717) is 22.6 Å². The number of para-hydroxylation sites is 1. The number of nitrogens with zero attached hydrogens (tertiary/aromatic N) is 2. The van der Waals surface area contributed by atoms with Crippen LogP contribution in [0.1, 0.15) is 63.4 Å². The zero-order valence-corrected chi connectivity index (χ0v) is 17.8. The van der Waals surface area contributed by atoms with Crippen LogP contribution in [-0.2, 0) is 11.2 Å². The van der Waals surface area contributed by atoms with Crippen molar-refractivity contribution in [2.75, 3.05) is 5.43 Å². The van der Waals surface area contributed by atoms with E-state index in [1.54, 1.807) is 12.1 Å². The SMILES string of the molecule is CC(C)Cc1ccc(C(C)C(=O)Nn2c(C(C)C)nc3ccccc3c2=O)cc1. The number of amides is 1. The Kier molecular flexibility index (Phi) is 6.16. The van der Waals surface area contributed by atoms with Crippen molar-refractivity contribution in [1.29, 1.82) is 0 Å². The second-order valence-electron chi connectivity index (χ2n) is 8.32. The van der Waals surface area contributed by atoms with Gasteiger partial charge in [-0.25, -0.2) is 9.66 Å². The van der Waals surface area contributed by atoms with E-state index in [2.05, 4.69) is 36.4 Å². The second-order valence-corrected chi connectivity index (χ2v) is 8.32. The first kappa shape index (κ1) is 20.8. The smallest absolute Gasteiger partial charge is 0.273 e. The highest BCUT2D eigenvalue weighted by atomic mass is 16.2. The quantitative estimate of drug-likeness (QED) is 0.668. The molecular weight excluding hydrogens is 362 g/mol. The van der Waals surface area contributed by atoms with Gasteiger partial charge in [-0.15, -0.1) is 0 Å². The third-order valence-corrected chi connectivity index (χ3v) is 5.06. The number of rotatable bonds is 6. The molecule has 29 heavy (non-hydrogen) atoms. The minimum atomic E-state index is -0.388. The normalized spacial score (nSPS) is 12.5. The summed E-state index contributed by atoms with van der Waals surface area (Å²) in [5.74, 6) is 0.493. The van der Waals surface area contributed by atoms with E-state index < -0.39 is 0 Å². The van der Waals surface area contributed by atoms with Crippen molar-refractivity contribution in [2.45, 2.75) is 52.9 Å². The molecule has 0 saturated carbocycles. The molecule has 2 aromatic carbocycles. The highest BCUT2D eigenvalue weighted by molar-refractivity contribution is 5.90. The molecule has 0 saturated heterocycles. The minimum absolute atomic E-state index is 0.0155. The molecular formula is C24H29N3O2. The number of aromatic nitrogens is 2. The van der Waals surface area contributed by atoms with E-state index in [4.69, 9.17) is 0 Å². The number of hydrogen-bond acceptors (Lipinski definition) is 3. The summed E-state index contributed by atoms with van der Waals surface area (Å²) in [7, 11) is 0. The van der Waals surface area contributed by atoms with E-state index in [-0.39, 0.29) is 23.3 Å². The van der Waals surface area contributed by atoms with Gasteiger partial charge in [0.25, 0.3) is 5.56 Å². The lowest BCUT2D eigenvalue weighted by molar-refractivity contribution is -0.118. The standard InChI is InChI=1S/C24H29N3O2/c1-15(2)14-18-10-12-19(13-11-18)17(5)23(28)26-27-22(16(3)4)25-21-9-7-6-8-20(21)24(27)29/h6-13,15-17H,14H2,1-5H3,(H,26,28). The Bertz CT molecular complexity index is 1070. The summed E-state index contributed by atoms with van der Waals surface area (Å²) < 4.78 is 1.30. The number of hydrogen-bond donors (Lipinski definition) is 1. The summed E-state index contributed by atoms with van der Waals surface area (Å²) in [6, 6.07) is 15.3. The molecule has 0 radical (unpaired) electrons. The van der Waals surface area contributed by atoms with Crippen molar-refractivity contribution in [2.24, 2.45) is 5.92 Å². The summed E-state index contributed by atoms with van der Waals surface area (Å²) in [5, 5.41) is 0.489. The number of benzene rings is 2. The first-order chi connectivity index (χ1) is 13.8.